The Labute approximate surface area is 75.9 Å². The molecule has 3 N–H and O–H groups in total. The molecule has 0 aliphatic heterocycles. The van der Waals surface area contributed by atoms with Gasteiger partial charge in [-0.15, -0.1) is 0 Å². The van der Waals surface area contributed by atoms with Crippen LogP contribution in [0.2, 0.25) is 0 Å². The van der Waals surface area contributed by atoms with Crippen LogP contribution >= 0.6 is 0 Å². The maximum Gasteiger partial charge on any atom is 0.00746 e. The van der Waals surface area contributed by atoms with Crippen molar-refractivity contribution in [2.45, 2.75) is 33.1 Å². The SMILES string of the molecule is CC1(C)CCCC1CNCCN. The topological polar surface area (TPSA) is 38.0 Å². The maximum absolute atomic E-state index is 5.42. The molecule has 0 amide bonds. The van der Waals surface area contributed by atoms with Crippen LogP contribution < -0.4 is 11.1 Å². The highest BCUT2D eigenvalue weighted by atomic mass is 14.9. The number of nitrogens with one attached hydrogen (secondary N) is 1. The molecule has 0 radical (unpaired) electrons. The smallest absolute Gasteiger partial charge is 0.00746 e. The lowest BCUT2D eigenvalue weighted by molar-refractivity contribution is 0.252. The molecule has 1 aliphatic carbocycles. The predicted octanol–water partition coefficient (Wildman–Crippen LogP) is 1.36. The standard InChI is InChI=1S/C10H22N2/c1-10(2)5-3-4-9(10)8-12-7-6-11/h9,12H,3-8,11H2,1-2H3. The molecule has 72 valence electrons. The van der Waals surface area contributed by atoms with Gasteiger partial charge in [0.25, 0.3) is 0 Å². The van der Waals surface area contributed by atoms with E-state index in [9.17, 15) is 0 Å². The van der Waals surface area contributed by atoms with Crippen LogP contribution in [-0.4, -0.2) is 19.6 Å². The first-order chi connectivity index (χ1) is 5.67. The van der Waals surface area contributed by atoms with E-state index in [0.29, 0.717) is 5.41 Å². The van der Waals surface area contributed by atoms with Crippen molar-refractivity contribution in [3.05, 3.63) is 0 Å². The summed E-state index contributed by atoms with van der Waals surface area (Å²) < 4.78 is 0. The molecule has 1 unspecified atom stereocenters. The monoisotopic (exact) mass is 170 g/mol. The second-order valence-corrected chi connectivity index (χ2v) is 4.57. The summed E-state index contributed by atoms with van der Waals surface area (Å²) in [4.78, 5) is 0. The van der Waals surface area contributed by atoms with Crippen molar-refractivity contribution in [3.8, 4) is 0 Å². The fourth-order valence-corrected chi connectivity index (χ4v) is 2.16. The first kappa shape index (κ1) is 10.0. The average Bonchev–Trinajstić information content (AvgIpc) is 2.32. The summed E-state index contributed by atoms with van der Waals surface area (Å²) in [6.45, 7) is 7.65. The highest BCUT2D eigenvalue weighted by molar-refractivity contribution is 4.85. The van der Waals surface area contributed by atoms with Crippen LogP contribution in [0, 0.1) is 11.3 Å². The Morgan fingerprint density at radius 1 is 1.50 bits per heavy atom. The lowest BCUT2D eigenvalue weighted by Gasteiger charge is -2.27. The summed E-state index contributed by atoms with van der Waals surface area (Å²) in [5.74, 6) is 0.865. The van der Waals surface area contributed by atoms with Crippen LogP contribution in [0.5, 0.6) is 0 Å². The van der Waals surface area contributed by atoms with Crippen LogP contribution in [0.25, 0.3) is 0 Å². The van der Waals surface area contributed by atoms with Gasteiger partial charge in [-0.25, -0.2) is 0 Å². The summed E-state index contributed by atoms with van der Waals surface area (Å²) in [6, 6.07) is 0. The second-order valence-electron chi connectivity index (χ2n) is 4.57. The highest BCUT2D eigenvalue weighted by Gasteiger charge is 2.33. The molecule has 0 aromatic heterocycles. The van der Waals surface area contributed by atoms with Gasteiger partial charge in [-0.1, -0.05) is 20.3 Å². The van der Waals surface area contributed by atoms with E-state index in [1.54, 1.807) is 0 Å². The molecule has 1 atom stereocenters. The average molecular weight is 170 g/mol. The minimum Gasteiger partial charge on any atom is -0.329 e. The van der Waals surface area contributed by atoms with E-state index in [0.717, 1.165) is 25.6 Å². The summed E-state index contributed by atoms with van der Waals surface area (Å²) in [6.07, 6.45) is 4.19. The van der Waals surface area contributed by atoms with Crippen molar-refractivity contribution in [1.29, 1.82) is 0 Å². The summed E-state index contributed by atoms with van der Waals surface area (Å²) in [5.41, 5.74) is 5.98. The van der Waals surface area contributed by atoms with Crippen molar-refractivity contribution in [3.63, 3.8) is 0 Å². The van der Waals surface area contributed by atoms with Gasteiger partial charge in [0.1, 0.15) is 0 Å². The fourth-order valence-electron chi connectivity index (χ4n) is 2.16. The third-order valence-corrected chi connectivity index (χ3v) is 3.19. The largest absolute Gasteiger partial charge is 0.329 e. The Morgan fingerprint density at radius 2 is 2.25 bits per heavy atom. The van der Waals surface area contributed by atoms with E-state index in [1.807, 2.05) is 0 Å². The van der Waals surface area contributed by atoms with Crippen molar-refractivity contribution in [1.82, 2.24) is 5.32 Å². The van der Waals surface area contributed by atoms with E-state index in [1.165, 1.54) is 19.3 Å². The van der Waals surface area contributed by atoms with Crippen molar-refractivity contribution < 1.29 is 0 Å². The minimum atomic E-state index is 0.557. The van der Waals surface area contributed by atoms with Gasteiger partial charge in [0.05, 0.1) is 0 Å². The Balaban J connectivity index is 2.22. The Hall–Kier alpha value is -0.0800. The molecule has 2 heteroatoms. The molecule has 0 spiro atoms. The minimum absolute atomic E-state index is 0.557. The zero-order chi connectivity index (χ0) is 9.03. The Morgan fingerprint density at radius 3 is 2.75 bits per heavy atom. The van der Waals surface area contributed by atoms with Gasteiger partial charge in [0.15, 0.2) is 0 Å². The van der Waals surface area contributed by atoms with Gasteiger partial charge < -0.3 is 11.1 Å². The molecular weight excluding hydrogens is 148 g/mol. The predicted molar refractivity (Wildman–Crippen MR) is 53.0 cm³/mol. The number of hydrogen-bond donors (Lipinski definition) is 2. The van der Waals surface area contributed by atoms with Crippen molar-refractivity contribution >= 4 is 0 Å². The zero-order valence-corrected chi connectivity index (χ0v) is 8.40. The third kappa shape index (κ3) is 2.46. The van der Waals surface area contributed by atoms with Gasteiger partial charge in [-0.05, 0) is 30.7 Å². The molecule has 1 fully saturated rings. The fraction of sp³-hybridized carbons (Fsp3) is 1.00. The normalized spacial score (nSPS) is 27.8. The molecule has 1 aliphatic rings. The molecule has 1 rings (SSSR count). The van der Waals surface area contributed by atoms with Gasteiger partial charge in [-0.2, -0.15) is 0 Å². The third-order valence-electron chi connectivity index (χ3n) is 3.19. The van der Waals surface area contributed by atoms with E-state index in [2.05, 4.69) is 19.2 Å². The molecule has 0 aromatic carbocycles. The van der Waals surface area contributed by atoms with Crippen LogP contribution in [0.15, 0.2) is 0 Å². The molecular formula is C10H22N2. The van der Waals surface area contributed by atoms with Crippen molar-refractivity contribution in [2.75, 3.05) is 19.6 Å². The molecule has 0 bridgehead atoms. The van der Waals surface area contributed by atoms with Crippen molar-refractivity contribution in [2.24, 2.45) is 17.1 Å². The molecule has 0 saturated heterocycles. The van der Waals surface area contributed by atoms with Crippen LogP contribution in [-0.2, 0) is 0 Å². The summed E-state index contributed by atoms with van der Waals surface area (Å²) in [5, 5.41) is 3.41. The number of rotatable bonds is 4. The number of nitrogens with two attached hydrogens (primary N) is 1. The molecule has 2 nitrogen and oxygen atoms in total. The van der Waals surface area contributed by atoms with Gasteiger partial charge >= 0.3 is 0 Å². The summed E-state index contributed by atoms with van der Waals surface area (Å²) in [7, 11) is 0. The quantitative estimate of drug-likeness (QED) is 0.625. The molecule has 0 heterocycles. The lowest BCUT2D eigenvalue weighted by atomic mass is 9.82. The van der Waals surface area contributed by atoms with Crippen LogP contribution in [0.1, 0.15) is 33.1 Å². The highest BCUT2D eigenvalue weighted by Crippen LogP contribution is 2.41. The Bertz CT molecular complexity index is 132. The second kappa shape index (κ2) is 4.24. The van der Waals surface area contributed by atoms with E-state index < -0.39 is 0 Å². The molecule has 12 heavy (non-hydrogen) atoms. The molecule has 1 saturated carbocycles. The van der Waals surface area contributed by atoms with E-state index in [-0.39, 0.29) is 0 Å². The van der Waals surface area contributed by atoms with Gasteiger partial charge in [-0.3, -0.25) is 0 Å². The van der Waals surface area contributed by atoms with Gasteiger partial charge in [0, 0.05) is 13.1 Å². The van der Waals surface area contributed by atoms with Gasteiger partial charge in [0.2, 0.25) is 0 Å². The van der Waals surface area contributed by atoms with E-state index >= 15 is 0 Å². The maximum atomic E-state index is 5.42. The summed E-state index contributed by atoms with van der Waals surface area (Å²) >= 11 is 0. The lowest BCUT2D eigenvalue weighted by Crippen LogP contribution is -2.32. The Kier molecular flexibility index (Phi) is 3.53. The van der Waals surface area contributed by atoms with E-state index in [4.69, 9.17) is 5.73 Å². The first-order valence-electron chi connectivity index (χ1n) is 5.07. The zero-order valence-electron chi connectivity index (χ0n) is 8.40. The molecule has 0 aromatic rings. The van der Waals surface area contributed by atoms with Crippen LogP contribution in [0.4, 0.5) is 0 Å². The number of hydrogen-bond acceptors (Lipinski definition) is 2. The van der Waals surface area contributed by atoms with Crippen LogP contribution in [0.3, 0.4) is 0 Å². The first-order valence-corrected chi connectivity index (χ1v) is 5.07.